The number of hydrogen-bond acceptors (Lipinski definition) is 6. The lowest BCUT2D eigenvalue weighted by Crippen LogP contribution is -2.35. The van der Waals surface area contributed by atoms with Crippen LogP contribution < -0.4 is 5.43 Å². The highest BCUT2D eigenvalue weighted by Crippen LogP contribution is 2.20. The van der Waals surface area contributed by atoms with Crippen LogP contribution in [0.15, 0.2) is 52.9 Å². The molecule has 8 heteroatoms. The molecule has 0 radical (unpaired) electrons. The van der Waals surface area contributed by atoms with Gasteiger partial charge in [0.05, 0.1) is 5.71 Å². The molecule has 0 saturated carbocycles. The van der Waals surface area contributed by atoms with Gasteiger partial charge in [-0.05, 0) is 38.0 Å². The van der Waals surface area contributed by atoms with Crippen LogP contribution in [0.5, 0.6) is 0 Å². The maximum Gasteiger partial charge on any atom is 0.244 e. The first-order valence-electron chi connectivity index (χ1n) is 8.24. The molecule has 0 aromatic carbocycles. The monoisotopic (exact) mass is 359 g/mol. The minimum atomic E-state index is -3.45. The molecule has 0 amide bonds. The van der Waals surface area contributed by atoms with Crippen molar-refractivity contribution < 1.29 is 8.42 Å². The van der Waals surface area contributed by atoms with Gasteiger partial charge in [0.25, 0.3) is 0 Å². The van der Waals surface area contributed by atoms with E-state index in [0.29, 0.717) is 18.9 Å². The van der Waals surface area contributed by atoms with Crippen molar-refractivity contribution in [1.82, 2.24) is 14.3 Å². The molecule has 7 nitrogen and oxygen atoms in total. The van der Waals surface area contributed by atoms with Crippen LogP contribution in [0.3, 0.4) is 0 Å². The molecule has 2 aromatic rings. The fourth-order valence-electron chi connectivity index (χ4n) is 2.64. The van der Waals surface area contributed by atoms with Crippen LogP contribution in [-0.2, 0) is 10.0 Å². The van der Waals surface area contributed by atoms with Gasteiger partial charge in [-0.1, -0.05) is 12.5 Å². The average molecular weight is 359 g/mol. The van der Waals surface area contributed by atoms with Crippen molar-refractivity contribution in [2.24, 2.45) is 5.10 Å². The molecule has 1 N–H and O–H groups in total. The number of pyridine rings is 2. The van der Waals surface area contributed by atoms with Gasteiger partial charge in [-0.15, -0.1) is 0 Å². The second-order valence-electron chi connectivity index (χ2n) is 5.89. The highest BCUT2D eigenvalue weighted by atomic mass is 32.2. The van der Waals surface area contributed by atoms with Gasteiger partial charge in [0.15, 0.2) is 0 Å². The largest absolute Gasteiger partial charge is 0.264 e. The van der Waals surface area contributed by atoms with E-state index < -0.39 is 10.0 Å². The number of sulfonamides is 1. The predicted molar refractivity (Wildman–Crippen MR) is 96.9 cm³/mol. The van der Waals surface area contributed by atoms with Crippen molar-refractivity contribution in [2.45, 2.75) is 31.1 Å². The maximum absolute atomic E-state index is 12.6. The Bertz CT molecular complexity index is 829. The Hall–Kier alpha value is -2.32. The zero-order valence-electron chi connectivity index (χ0n) is 14.1. The summed E-state index contributed by atoms with van der Waals surface area (Å²) in [6.45, 7) is 3.02. The fourth-order valence-corrected chi connectivity index (χ4v) is 4.10. The number of aromatic nitrogens is 2. The minimum Gasteiger partial charge on any atom is -0.264 e. The highest BCUT2D eigenvalue weighted by Gasteiger charge is 2.26. The number of hydrogen-bond donors (Lipinski definition) is 1. The quantitative estimate of drug-likeness (QED) is 0.654. The van der Waals surface area contributed by atoms with Crippen LogP contribution in [0, 0.1) is 0 Å². The normalized spacial score (nSPS) is 16.6. The van der Waals surface area contributed by atoms with Gasteiger partial charge >= 0.3 is 0 Å². The van der Waals surface area contributed by atoms with E-state index in [1.165, 1.54) is 10.5 Å². The van der Waals surface area contributed by atoms with Crippen molar-refractivity contribution in [3.05, 3.63) is 48.4 Å². The van der Waals surface area contributed by atoms with E-state index in [0.717, 1.165) is 30.5 Å². The zero-order chi connectivity index (χ0) is 17.7. The van der Waals surface area contributed by atoms with Crippen LogP contribution in [-0.4, -0.2) is 41.5 Å². The Morgan fingerprint density at radius 3 is 2.60 bits per heavy atom. The van der Waals surface area contributed by atoms with Crippen LogP contribution >= 0.6 is 0 Å². The smallest absolute Gasteiger partial charge is 0.244 e. The van der Waals surface area contributed by atoms with E-state index in [4.69, 9.17) is 0 Å². The Balaban J connectivity index is 1.70. The summed E-state index contributed by atoms with van der Waals surface area (Å²) in [4.78, 5) is 8.43. The molecule has 25 heavy (non-hydrogen) atoms. The molecule has 0 spiro atoms. The summed E-state index contributed by atoms with van der Waals surface area (Å²) < 4.78 is 26.7. The van der Waals surface area contributed by atoms with E-state index in [1.54, 1.807) is 24.5 Å². The van der Waals surface area contributed by atoms with Gasteiger partial charge in [-0.2, -0.15) is 9.41 Å². The molecule has 3 rings (SSSR count). The molecule has 0 bridgehead atoms. The number of nitrogens with zero attached hydrogens (tertiary/aromatic N) is 4. The first-order chi connectivity index (χ1) is 12.1. The van der Waals surface area contributed by atoms with Gasteiger partial charge in [0.1, 0.15) is 10.7 Å². The third kappa shape index (κ3) is 4.21. The number of hydrazone groups is 1. The molecule has 0 unspecified atom stereocenters. The van der Waals surface area contributed by atoms with Crippen molar-refractivity contribution >= 4 is 21.6 Å². The van der Waals surface area contributed by atoms with Crippen molar-refractivity contribution in [1.29, 1.82) is 0 Å². The van der Waals surface area contributed by atoms with Crippen molar-refractivity contribution in [3.63, 3.8) is 0 Å². The van der Waals surface area contributed by atoms with Gasteiger partial charge < -0.3 is 0 Å². The van der Waals surface area contributed by atoms with Crippen molar-refractivity contribution in [3.8, 4) is 0 Å². The van der Waals surface area contributed by atoms with E-state index in [2.05, 4.69) is 20.5 Å². The average Bonchev–Trinajstić information content (AvgIpc) is 2.68. The molecule has 1 fully saturated rings. The molecular weight excluding hydrogens is 338 g/mol. The Morgan fingerprint density at radius 1 is 1.16 bits per heavy atom. The standard InChI is InChI=1S/C17H21N5O2S/c1-14(15-6-5-9-18-12-15)20-21-17-8-7-16(13-19-17)25(23,24)22-10-3-2-4-11-22/h5-9,12-13H,2-4,10-11H2,1H3,(H,19,21)/b20-14+. The number of anilines is 1. The summed E-state index contributed by atoms with van der Waals surface area (Å²) in [5.41, 5.74) is 4.51. The molecule has 1 aliphatic heterocycles. The molecule has 132 valence electrons. The highest BCUT2D eigenvalue weighted by molar-refractivity contribution is 7.89. The molecule has 3 heterocycles. The predicted octanol–water partition coefficient (Wildman–Crippen LogP) is 2.49. The third-order valence-corrected chi connectivity index (χ3v) is 5.99. The molecule has 0 aliphatic carbocycles. The van der Waals surface area contributed by atoms with E-state index in [-0.39, 0.29) is 4.90 Å². The summed E-state index contributed by atoms with van der Waals surface area (Å²) >= 11 is 0. The molecule has 0 atom stereocenters. The van der Waals surface area contributed by atoms with Gasteiger partial charge in [-0.25, -0.2) is 13.4 Å². The fraction of sp³-hybridized carbons (Fsp3) is 0.353. The lowest BCUT2D eigenvalue weighted by Gasteiger charge is -2.25. The van der Waals surface area contributed by atoms with Crippen LogP contribution in [0.4, 0.5) is 5.82 Å². The molecule has 1 saturated heterocycles. The second-order valence-corrected chi connectivity index (χ2v) is 7.83. The van der Waals surface area contributed by atoms with Crippen LogP contribution in [0.25, 0.3) is 0 Å². The maximum atomic E-state index is 12.6. The molecular formula is C17H21N5O2S. The summed E-state index contributed by atoms with van der Waals surface area (Å²) in [5, 5.41) is 4.25. The zero-order valence-corrected chi connectivity index (χ0v) is 14.9. The summed E-state index contributed by atoms with van der Waals surface area (Å²) in [7, 11) is -3.45. The SMILES string of the molecule is C/C(=N\Nc1ccc(S(=O)(=O)N2CCCCC2)cn1)c1cccnc1. The first kappa shape index (κ1) is 17.5. The molecule has 2 aromatic heterocycles. The van der Waals surface area contributed by atoms with Crippen LogP contribution in [0.1, 0.15) is 31.7 Å². The molecule has 1 aliphatic rings. The third-order valence-electron chi connectivity index (χ3n) is 4.11. The lowest BCUT2D eigenvalue weighted by molar-refractivity contribution is 0.346. The van der Waals surface area contributed by atoms with E-state index >= 15 is 0 Å². The number of nitrogens with one attached hydrogen (secondary N) is 1. The van der Waals surface area contributed by atoms with Gasteiger partial charge in [0.2, 0.25) is 10.0 Å². The Morgan fingerprint density at radius 2 is 1.96 bits per heavy atom. The topological polar surface area (TPSA) is 87.5 Å². The lowest BCUT2D eigenvalue weighted by atomic mass is 10.2. The van der Waals surface area contributed by atoms with E-state index in [9.17, 15) is 8.42 Å². The Labute approximate surface area is 147 Å². The summed E-state index contributed by atoms with van der Waals surface area (Å²) in [6.07, 6.45) is 7.71. The number of piperidine rings is 1. The summed E-state index contributed by atoms with van der Waals surface area (Å²) in [6, 6.07) is 6.94. The minimum absolute atomic E-state index is 0.216. The van der Waals surface area contributed by atoms with E-state index in [1.807, 2.05) is 19.1 Å². The second kappa shape index (κ2) is 7.71. The first-order valence-corrected chi connectivity index (χ1v) is 9.68. The van der Waals surface area contributed by atoms with Gasteiger partial charge in [0, 0.05) is 37.2 Å². The summed E-state index contributed by atoms with van der Waals surface area (Å²) in [5.74, 6) is 0.487. The van der Waals surface area contributed by atoms with Gasteiger partial charge in [-0.3, -0.25) is 10.4 Å². The number of rotatable bonds is 5. The van der Waals surface area contributed by atoms with Crippen molar-refractivity contribution in [2.75, 3.05) is 18.5 Å². The van der Waals surface area contributed by atoms with Crippen LogP contribution in [0.2, 0.25) is 0 Å². The Kier molecular flexibility index (Phi) is 5.40.